The molecule has 1 aromatic carbocycles. The van der Waals surface area contributed by atoms with Crippen LogP contribution < -0.4 is 4.72 Å². The molecule has 1 aromatic rings. The first-order valence-corrected chi connectivity index (χ1v) is 5.68. The molecule has 0 aliphatic carbocycles. The quantitative estimate of drug-likeness (QED) is 0.780. The second kappa shape index (κ2) is 3.51. The maximum atomic E-state index is 13.0. The van der Waals surface area contributed by atoms with E-state index in [1.165, 1.54) is 12.1 Å². The minimum absolute atomic E-state index is 0.152. The van der Waals surface area contributed by atoms with E-state index in [9.17, 15) is 12.8 Å². The monoisotopic (exact) mass is 223 g/mol. The van der Waals surface area contributed by atoms with Crippen LogP contribution in [0.4, 0.5) is 10.1 Å². The summed E-state index contributed by atoms with van der Waals surface area (Å²) in [6.07, 6.45) is 0. The summed E-state index contributed by atoms with van der Waals surface area (Å²) in [7, 11) is 0.944. The maximum Gasteiger partial charge on any atom is 0.319 e. The molecule has 0 atom stereocenters. The van der Waals surface area contributed by atoms with Gasteiger partial charge >= 0.3 is 9.24 Å². The van der Waals surface area contributed by atoms with Crippen molar-refractivity contribution >= 4 is 25.6 Å². The smallest absolute Gasteiger partial charge is 0.268 e. The Morgan fingerprint density at radius 3 is 2.54 bits per heavy atom. The minimum Gasteiger partial charge on any atom is -0.268 e. The van der Waals surface area contributed by atoms with E-state index in [4.69, 9.17) is 10.7 Å². The SMILES string of the molecule is Cc1ccc(NS(=O)(=O)Cl)c(F)c1. The Morgan fingerprint density at radius 1 is 1.46 bits per heavy atom. The van der Waals surface area contributed by atoms with Gasteiger partial charge in [0.25, 0.3) is 0 Å². The van der Waals surface area contributed by atoms with Crippen LogP contribution in [0.1, 0.15) is 5.56 Å². The molecule has 72 valence electrons. The highest BCUT2D eigenvalue weighted by Crippen LogP contribution is 2.17. The predicted octanol–water partition coefficient (Wildman–Crippen LogP) is 2.03. The molecule has 0 fully saturated rings. The van der Waals surface area contributed by atoms with E-state index in [1.807, 2.05) is 4.72 Å². The van der Waals surface area contributed by atoms with Crippen LogP contribution in [0, 0.1) is 12.7 Å². The van der Waals surface area contributed by atoms with Gasteiger partial charge in [0, 0.05) is 10.7 Å². The van der Waals surface area contributed by atoms with Crippen molar-refractivity contribution in [3.05, 3.63) is 29.6 Å². The van der Waals surface area contributed by atoms with Crippen molar-refractivity contribution in [1.82, 2.24) is 0 Å². The summed E-state index contributed by atoms with van der Waals surface area (Å²) in [6.45, 7) is 1.70. The lowest BCUT2D eigenvalue weighted by Gasteiger charge is -2.03. The first kappa shape index (κ1) is 10.3. The lowest BCUT2D eigenvalue weighted by molar-refractivity contribution is 0.610. The normalized spacial score (nSPS) is 11.3. The summed E-state index contributed by atoms with van der Waals surface area (Å²) in [5.74, 6) is -0.649. The summed E-state index contributed by atoms with van der Waals surface area (Å²) in [6, 6.07) is 4.10. The molecule has 1 N–H and O–H groups in total. The van der Waals surface area contributed by atoms with Crippen LogP contribution in [0.5, 0.6) is 0 Å². The number of hydrogen-bond donors (Lipinski definition) is 1. The van der Waals surface area contributed by atoms with Gasteiger partial charge in [-0.1, -0.05) is 6.07 Å². The fraction of sp³-hybridized carbons (Fsp3) is 0.143. The molecule has 0 aliphatic heterocycles. The number of rotatable bonds is 2. The zero-order valence-electron chi connectivity index (χ0n) is 6.71. The zero-order valence-corrected chi connectivity index (χ0v) is 8.29. The summed E-state index contributed by atoms with van der Waals surface area (Å²) >= 11 is 0. The van der Waals surface area contributed by atoms with E-state index in [1.54, 1.807) is 13.0 Å². The number of hydrogen-bond acceptors (Lipinski definition) is 2. The molecule has 0 aliphatic rings. The molecule has 0 amide bonds. The van der Waals surface area contributed by atoms with Gasteiger partial charge in [-0.05, 0) is 24.6 Å². The Labute approximate surface area is 80.1 Å². The Kier molecular flexibility index (Phi) is 2.77. The number of aryl methyl sites for hydroxylation is 1. The second-order valence-corrected chi connectivity index (χ2v) is 4.82. The fourth-order valence-corrected chi connectivity index (χ4v) is 1.51. The summed E-state index contributed by atoms with van der Waals surface area (Å²) in [4.78, 5) is 0. The third-order valence-corrected chi connectivity index (χ3v) is 2.05. The lowest BCUT2D eigenvalue weighted by Crippen LogP contribution is -2.05. The second-order valence-electron chi connectivity index (χ2n) is 2.52. The van der Waals surface area contributed by atoms with E-state index in [0.29, 0.717) is 5.56 Å². The molecule has 0 radical (unpaired) electrons. The van der Waals surface area contributed by atoms with Gasteiger partial charge in [0.1, 0.15) is 5.82 Å². The van der Waals surface area contributed by atoms with Gasteiger partial charge < -0.3 is 0 Å². The van der Waals surface area contributed by atoms with Crippen LogP contribution in [0.3, 0.4) is 0 Å². The summed E-state index contributed by atoms with van der Waals surface area (Å²) in [5.41, 5.74) is 0.552. The Balaban J connectivity index is 3.04. The molecule has 13 heavy (non-hydrogen) atoms. The van der Waals surface area contributed by atoms with Crippen LogP contribution >= 0.6 is 10.7 Å². The Bertz CT molecular complexity index is 419. The molecule has 0 heterocycles. The highest BCUT2D eigenvalue weighted by atomic mass is 35.7. The van der Waals surface area contributed by atoms with Gasteiger partial charge in [-0.3, -0.25) is 4.72 Å². The van der Waals surface area contributed by atoms with Gasteiger partial charge in [-0.2, -0.15) is 8.42 Å². The average Bonchev–Trinajstić information content (AvgIpc) is 1.93. The topological polar surface area (TPSA) is 46.2 Å². The van der Waals surface area contributed by atoms with Gasteiger partial charge in [0.2, 0.25) is 0 Å². The Hall–Kier alpha value is -0.810. The molecule has 0 saturated heterocycles. The minimum atomic E-state index is -3.93. The first-order valence-electron chi connectivity index (χ1n) is 3.37. The predicted molar refractivity (Wildman–Crippen MR) is 49.5 cm³/mol. The van der Waals surface area contributed by atoms with Crippen molar-refractivity contribution in [3.8, 4) is 0 Å². The zero-order chi connectivity index (χ0) is 10.1. The molecule has 0 saturated carbocycles. The lowest BCUT2D eigenvalue weighted by atomic mass is 10.2. The van der Waals surface area contributed by atoms with E-state index in [-0.39, 0.29) is 5.69 Å². The third-order valence-electron chi connectivity index (χ3n) is 1.36. The van der Waals surface area contributed by atoms with Crippen molar-refractivity contribution in [3.63, 3.8) is 0 Å². The van der Waals surface area contributed by atoms with E-state index in [0.717, 1.165) is 0 Å². The van der Waals surface area contributed by atoms with Crippen LogP contribution in [0.25, 0.3) is 0 Å². The van der Waals surface area contributed by atoms with Crippen molar-refractivity contribution in [2.75, 3.05) is 4.72 Å². The van der Waals surface area contributed by atoms with Crippen molar-refractivity contribution in [1.29, 1.82) is 0 Å². The van der Waals surface area contributed by atoms with Gasteiger partial charge in [-0.25, -0.2) is 4.39 Å². The number of halogens is 2. The van der Waals surface area contributed by atoms with Crippen LogP contribution in [-0.4, -0.2) is 8.42 Å². The maximum absolute atomic E-state index is 13.0. The van der Waals surface area contributed by atoms with Crippen LogP contribution in [-0.2, 0) is 9.24 Å². The third kappa shape index (κ3) is 3.20. The molecule has 0 bridgehead atoms. The molecule has 6 heteroatoms. The van der Waals surface area contributed by atoms with Crippen LogP contribution in [0.15, 0.2) is 18.2 Å². The molecule has 0 spiro atoms. The first-order chi connectivity index (χ1) is 5.88. The van der Waals surface area contributed by atoms with Gasteiger partial charge in [-0.15, -0.1) is 0 Å². The highest BCUT2D eigenvalue weighted by Gasteiger charge is 2.08. The highest BCUT2D eigenvalue weighted by molar-refractivity contribution is 8.14. The van der Waals surface area contributed by atoms with Gasteiger partial charge in [0.15, 0.2) is 0 Å². The van der Waals surface area contributed by atoms with E-state index >= 15 is 0 Å². The largest absolute Gasteiger partial charge is 0.319 e. The summed E-state index contributed by atoms with van der Waals surface area (Å²) < 4.78 is 35.9. The molecular formula is C7H7ClFNO2S. The van der Waals surface area contributed by atoms with E-state index < -0.39 is 15.1 Å². The molecule has 3 nitrogen and oxygen atoms in total. The fourth-order valence-electron chi connectivity index (χ4n) is 0.834. The van der Waals surface area contributed by atoms with E-state index in [2.05, 4.69) is 0 Å². The van der Waals surface area contributed by atoms with Gasteiger partial charge in [0.05, 0.1) is 5.69 Å². The average molecular weight is 224 g/mol. The molecule has 0 aromatic heterocycles. The number of anilines is 1. The summed E-state index contributed by atoms with van der Waals surface area (Å²) in [5, 5.41) is 0. The molecule has 0 unspecified atom stereocenters. The molecule has 1 rings (SSSR count). The number of nitrogens with one attached hydrogen (secondary N) is 1. The molecular weight excluding hydrogens is 217 g/mol. The van der Waals surface area contributed by atoms with Crippen LogP contribution in [0.2, 0.25) is 0 Å². The Morgan fingerprint density at radius 2 is 2.08 bits per heavy atom. The van der Waals surface area contributed by atoms with Crippen molar-refractivity contribution in [2.24, 2.45) is 0 Å². The standard InChI is InChI=1S/C7H7ClFNO2S/c1-5-2-3-7(6(9)4-5)10-13(8,11)12/h2-4,10H,1H3. The number of benzene rings is 1. The van der Waals surface area contributed by atoms with Crippen molar-refractivity contribution < 1.29 is 12.8 Å². The van der Waals surface area contributed by atoms with Crippen molar-refractivity contribution in [2.45, 2.75) is 6.92 Å².